The van der Waals surface area contributed by atoms with E-state index in [4.69, 9.17) is 0 Å². The van der Waals surface area contributed by atoms with Gasteiger partial charge in [0.05, 0.1) is 16.8 Å². The van der Waals surface area contributed by atoms with Gasteiger partial charge in [0.25, 0.3) is 0 Å². The van der Waals surface area contributed by atoms with Gasteiger partial charge in [-0.3, -0.25) is 0 Å². The first kappa shape index (κ1) is 11.0. The quantitative estimate of drug-likeness (QED) is 0.666. The molecule has 3 heteroatoms. The molecule has 0 aromatic rings. The van der Waals surface area contributed by atoms with Gasteiger partial charge in [-0.25, -0.2) is 0 Å². The summed E-state index contributed by atoms with van der Waals surface area (Å²) >= 11 is 0. The summed E-state index contributed by atoms with van der Waals surface area (Å²) in [6, 6.07) is 0. The van der Waals surface area contributed by atoms with Crippen LogP contribution in [0.1, 0.15) is 58.3 Å². The van der Waals surface area contributed by atoms with Gasteiger partial charge in [0, 0.05) is 19.3 Å². The van der Waals surface area contributed by atoms with Crippen molar-refractivity contribution >= 4 is 0 Å². The number of aliphatic hydroxyl groups is 3. The lowest BCUT2D eigenvalue weighted by molar-refractivity contribution is -0.281. The summed E-state index contributed by atoms with van der Waals surface area (Å²) in [5.41, 5.74) is -2.45. The van der Waals surface area contributed by atoms with Gasteiger partial charge < -0.3 is 15.3 Å². The molecule has 0 atom stereocenters. The molecule has 3 nitrogen and oxygen atoms in total. The van der Waals surface area contributed by atoms with Crippen LogP contribution in [0.5, 0.6) is 0 Å². The van der Waals surface area contributed by atoms with E-state index in [1.54, 1.807) is 0 Å². The molecule has 4 fully saturated rings. The number of hydrogen-bond donors (Lipinski definition) is 3. The average Bonchev–Trinajstić information content (AvgIpc) is 1.91. The summed E-state index contributed by atoms with van der Waals surface area (Å²) < 4.78 is 0. The zero-order chi connectivity index (χ0) is 11.7. The van der Waals surface area contributed by atoms with Crippen LogP contribution in [0.15, 0.2) is 0 Å². The number of hydrogen-bond acceptors (Lipinski definition) is 3. The Hall–Kier alpha value is -0.120. The Morgan fingerprint density at radius 3 is 1.44 bits per heavy atom. The molecule has 4 saturated carbocycles. The molecule has 16 heavy (non-hydrogen) atoms. The lowest BCUT2D eigenvalue weighted by atomic mass is 9.44. The Bertz CT molecular complexity index is 272. The van der Waals surface area contributed by atoms with E-state index >= 15 is 0 Å². The molecular formula is C13H22O3. The minimum absolute atomic E-state index is 0.0122. The molecule has 0 aliphatic heterocycles. The van der Waals surface area contributed by atoms with Gasteiger partial charge in [-0.2, -0.15) is 0 Å². The van der Waals surface area contributed by atoms with Crippen LogP contribution in [-0.2, 0) is 0 Å². The Kier molecular flexibility index (Phi) is 1.94. The van der Waals surface area contributed by atoms with E-state index in [9.17, 15) is 15.3 Å². The van der Waals surface area contributed by atoms with Crippen LogP contribution in [0, 0.1) is 5.41 Å². The second-order valence-electron chi connectivity index (χ2n) is 6.98. The highest BCUT2D eigenvalue weighted by Crippen LogP contribution is 2.65. The van der Waals surface area contributed by atoms with Crippen molar-refractivity contribution in [1.82, 2.24) is 0 Å². The van der Waals surface area contributed by atoms with E-state index in [0.29, 0.717) is 19.3 Å². The maximum atomic E-state index is 10.5. The summed E-state index contributed by atoms with van der Waals surface area (Å²) in [5, 5.41) is 31.5. The van der Waals surface area contributed by atoms with E-state index in [0.717, 1.165) is 32.1 Å². The molecule has 4 aliphatic carbocycles. The normalized spacial score (nSPS) is 59.2. The van der Waals surface area contributed by atoms with Crippen LogP contribution in [0.2, 0.25) is 0 Å². The zero-order valence-corrected chi connectivity index (χ0v) is 10.00. The maximum absolute atomic E-state index is 10.5. The first-order chi connectivity index (χ1) is 7.30. The lowest BCUT2D eigenvalue weighted by Crippen LogP contribution is -2.69. The molecule has 4 rings (SSSR count). The Morgan fingerprint density at radius 2 is 1.12 bits per heavy atom. The minimum atomic E-state index is -0.812. The van der Waals surface area contributed by atoms with Crippen LogP contribution in [0.3, 0.4) is 0 Å². The van der Waals surface area contributed by atoms with Crippen LogP contribution in [-0.4, -0.2) is 32.1 Å². The summed E-state index contributed by atoms with van der Waals surface area (Å²) in [4.78, 5) is 0. The van der Waals surface area contributed by atoms with Crippen molar-refractivity contribution in [3.05, 3.63) is 0 Å². The monoisotopic (exact) mass is 226 g/mol. The molecule has 0 saturated heterocycles. The molecule has 92 valence electrons. The van der Waals surface area contributed by atoms with E-state index in [2.05, 4.69) is 6.92 Å². The average molecular weight is 226 g/mol. The van der Waals surface area contributed by atoms with Gasteiger partial charge in [-0.05, 0) is 31.1 Å². The van der Waals surface area contributed by atoms with Crippen LogP contribution in [0.25, 0.3) is 0 Å². The van der Waals surface area contributed by atoms with Crippen LogP contribution in [0.4, 0.5) is 0 Å². The highest BCUT2D eigenvalue weighted by Gasteiger charge is 2.67. The van der Waals surface area contributed by atoms with E-state index in [1.165, 1.54) is 0 Å². The largest absolute Gasteiger partial charge is 0.390 e. The second kappa shape index (κ2) is 2.82. The zero-order valence-electron chi connectivity index (χ0n) is 10.00. The summed E-state index contributed by atoms with van der Waals surface area (Å²) in [6.07, 6.45) is 5.80. The third-order valence-corrected chi connectivity index (χ3v) is 4.87. The van der Waals surface area contributed by atoms with Crippen molar-refractivity contribution < 1.29 is 15.3 Å². The molecule has 0 aromatic carbocycles. The second-order valence-corrected chi connectivity index (χ2v) is 6.98. The smallest absolute Gasteiger partial charge is 0.0707 e. The molecule has 0 unspecified atom stereocenters. The number of rotatable bonds is 2. The molecule has 4 bridgehead atoms. The molecule has 0 spiro atoms. The summed E-state index contributed by atoms with van der Waals surface area (Å²) in [5.74, 6) is 0. The fourth-order valence-corrected chi connectivity index (χ4v) is 5.48. The van der Waals surface area contributed by atoms with E-state index in [1.807, 2.05) is 0 Å². The van der Waals surface area contributed by atoms with Crippen molar-refractivity contribution in [2.24, 2.45) is 5.41 Å². The predicted molar refractivity (Wildman–Crippen MR) is 59.9 cm³/mol. The fourth-order valence-electron chi connectivity index (χ4n) is 5.48. The van der Waals surface area contributed by atoms with Crippen molar-refractivity contribution in [2.75, 3.05) is 0 Å². The van der Waals surface area contributed by atoms with Crippen molar-refractivity contribution in [3.63, 3.8) is 0 Å². The van der Waals surface area contributed by atoms with Gasteiger partial charge >= 0.3 is 0 Å². The van der Waals surface area contributed by atoms with Crippen molar-refractivity contribution in [1.29, 1.82) is 0 Å². The van der Waals surface area contributed by atoms with Crippen LogP contribution < -0.4 is 0 Å². The van der Waals surface area contributed by atoms with Gasteiger partial charge in [-0.1, -0.05) is 13.3 Å². The van der Waals surface area contributed by atoms with Crippen molar-refractivity contribution in [3.8, 4) is 0 Å². The Morgan fingerprint density at radius 1 is 0.750 bits per heavy atom. The third kappa shape index (κ3) is 1.45. The summed E-state index contributed by atoms with van der Waals surface area (Å²) in [7, 11) is 0. The SMILES string of the molecule is CCCC12CC3(O)CC(O)(CC(O)(C3)C1)C2. The fraction of sp³-hybridized carbons (Fsp3) is 1.00. The van der Waals surface area contributed by atoms with Crippen LogP contribution >= 0.6 is 0 Å². The van der Waals surface area contributed by atoms with Gasteiger partial charge in [0.1, 0.15) is 0 Å². The highest BCUT2D eigenvalue weighted by atomic mass is 16.3. The molecular weight excluding hydrogens is 204 g/mol. The molecule has 4 aliphatic rings. The standard InChI is InChI=1S/C13H22O3/c1-2-3-10-4-11(14)7-12(15,5-10)9-13(16,6-10)8-11/h14-16H,2-9H2,1H3. The molecule has 0 radical (unpaired) electrons. The minimum Gasteiger partial charge on any atom is -0.390 e. The third-order valence-electron chi connectivity index (χ3n) is 4.87. The summed E-state index contributed by atoms with van der Waals surface area (Å²) in [6.45, 7) is 2.14. The molecule has 0 heterocycles. The topological polar surface area (TPSA) is 60.7 Å². The van der Waals surface area contributed by atoms with E-state index < -0.39 is 16.8 Å². The van der Waals surface area contributed by atoms with Crippen molar-refractivity contribution in [2.45, 2.75) is 75.1 Å². The predicted octanol–water partition coefficient (Wildman–Crippen LogP) is 1.35. The first-order valence-corrected chi connectivity index (χ1v) is 6.47. The van der Waals surface area contributed by atoms with Gasteiger partial charge in [0.2, 0.25) is 0 Å². The molecule has 0 amide bonds. The first-order valence-electron chi connectivity index (χ1n) is 6.47. The lowest BCUT2D eigenvalue weighted by Gasteiger charge is -2.66. The van der Waals surface area contributed by atoms with Gasteiger partial charge in [0.15, 0.2) is 0 Å². The highest BCUT2D eigenvalue weighted by molar-refractivity contribution is 5.19. The maximum Gasteiger partial charge on any atom is 0.0707 e. The molecule has 0 aromatic heterocycles. The van der Waals surface area contributed by atoms with Gasteiger partial charge in [-0.15, -0.1) is 0 Å². The van der Waals surface area contributed by atoms with E-state index in [-0.39, 0.29) is 5.41 Å². The molecule has 3 N–H and O–H groups in total. The Labute approximate surface area is 96.5 Å². The Balaban J connectivity index is 2.00.